The molecule has 7 heteroatoms. The van der Waals surface area contributed by atoms with Crippen LogP contribution in [0.3, 0.4) is 0 Å². The van der Waals surface area contributed by atoms with Gasteiger partial charge in [0.1, 0.15) is 0 Å². The van der Waals surface area contributed by atoms with Crippen LogP contribution in [0.15, 0.2) is 36.8 Å². The van der Waals surface area contributed by atoms with Gasteiger partial charge in [0.05, 0.1) is 5.56 Å². The molecule has 3 rings (SSSR count). The third kappa shape index (κ3) is 1.53. The molecule has 0 unspecified atom stereocenters. The lowest BCUT2D eigenvalue weighted by molar-refractivity contribution is -0.604. The zero-order valence-corrected chi connectivity index (χ0v) is 8.69. The van der Waals surface area contributed by atoms with Crippen molar-refractivity contribution in [3.8, 4) is 11.4 Å². The van der Waals surface area contributed by atoms with Crippen LogP contribution >= 0.6 is 0 Å². The maximum Gasteiger partial charge on any atom is 0.240 e. The molecule has 3 aromatic heterocycles. The summed E-state index contributed by atoms with van der Waals surface area (Å²) in [6.45, 7) is 0. The van der Waals surface area contributed by atoms with Crippen LogP contribution in [0.4, 0.5) is 5.95 Å². The molecule has 0 fully saturated rings. The molecule has 0 bridgehead atoms. The van der Waals surface area contributed by atoms with Gasteiger partial charge in [0.25, 0.3) is 0 Å². The molecular weight excluding hydrogens is 220 g/mol. The normalized spacial score (nSPS) is 10.8. The molecule has 0 radical (unpaired) electrons. The lowest BCUT2D eigenvalue weighted by atomic mass is 10.2. The van der Waals surface area contributed by atoms with Gasteiger partial charge in [-0.3, -0.25) is 0 Å². The number of nitrogen functional groups attached to an aromatic ring is 1. The first-order chi connectivity index (χ1) is 8.24. The van der Waals surface area contributed by atoms with Crippen molar-refractivity contribution in [2.24, 2.45) is 0 Å². The summed E-state index contributed by atoms with van der Waals surface area (Å²) in [5, 5.41) is 15.3. The lowest BCUT2D eigenvalue weighted by Crippen LogP contribution is -2.24. The Labute approximate surface area is 95.8 Å². The van der Waals surface area contributed by atoms with E-state index in [2.05, 4.69) is 15.1 Å². The summed E-state index contributed by atoms with van der Waals surface area (Å²) in [7, 11) is 0. The highest BCUT2D eigenvalue weighted by Crippen LogP contribution is 2.15. The average Bonchev–Trinajstić information content (AvgIpc) is 2.68. The number of hydrogen-bond donors (Lipinski definition) is 1. The fourth-order valence-corrected chi connectivity index (χ4v) is 1.62. The van der Waals surface area contributed by atoms with Crippen LogP contribution < -0.4 is 10.5 Å². The Hall–Kier alpha value is -2.70. The van der Waals surface area contributed by atoms with Gasteiger partial charge in [-0.1, -0.05) is 0 Å². The van der Waals surface area contributed by atoms with Crippen molar-refractivity contribution in [2.45, 2.75) is 0 Å². The van der Waals surface area contributed by atoms with E-state index in [1.165, 1.54) is 16.9 Å². The molecule has 0 aliphatic rings. The van der Waals surface area contributed by atoms with Crippen molar-refractivity contribution in [1.82, 2.24) is 19.6 Å². The van der Waals surface area contributed by atoms with Gasteiger partial charge in [-0.25, -0.2) is 4.98 Å². The highest BCUT2D eigenvalue weighted by molar-refractivity contribution is 5.57. The SMILES string of the molecule is Nc1nc2ccnc(-c3ccc[n+]([O-])c3)n2n1. The number of nitrogens with two attached hydrogens (primary N) is 1. The highest BCUT2D eigenvalue weighted by atomic mass is 16.5. The standard InChI is InChI=1S/C10H8N6O/c11-10-13-8-3-4-12-9(16(8)14-10)7-2-1-5-15(17)6-7/h1-6H,(H2,11,14). The van der Waals surface area contributed by atoms with Crippen molar-refractivity contribution in [1.29, 1.82) is 0 Å². The predicted octanol–water partition coefficient (Wildman–Crippen LogP) is 0.00690. The largest absolute Gasteiger partial charge is 0.619 e. The Morgan fingerprint density at radius 3 is 3.06 bits per heavy atom. The third-order valence-electron chi connectivity index (χ3n) is 2.30. The molecular formula is C10H8N6O. The molecule has 0 saturated heterocycles. The second-order valence-corrected chi connectivity index (χ2v) is 3.46. The third-order valence-corrected chi connectivity index (χ3v) is 2.30. The fourth-order valence-electron chi connectivity index (χ4n) is 1.62. The Balaban J connectivity index is 2.30. The monoisotopic (exact) mass is 228 g/mol. The molecule has 2 N–H and O–H groups in total. The van der Waals surface area contributed by atoms with E-state index in [-0.39, 0.29) is 5.95 Å². The number of rotatable bonds is 1. The minimum Gasteiger partial charge on any atom is -0.619 e. The highest BCUT2D eigenvalue weighted by Gasteiger charge is 2.10. The van der Waals surface area contributed by atoms with Crippen molar-refractivity contribution in [3.63, 3.8) is 0 Å². The fraction of sp³-hybridized carbons (Fsp3) is 0. The summed E-state index contributed by atoms with van der Waals surface area (Å²) in [6.07, 6.45) is 4.42. The number of fused-ring (bicyclic) bond motifs is 1. The van der Waals surface area contributed by atoms with Gasteiger partial charge < -0.3 is 10.9 Å². The van der Waals surface area contributed by atoms with Gasteiger partial charge in [0, 0.05) is 18.3 Å². The quantitative estimate of drug-likeness (QED) is 0.467. The van der Waals surface area contributed by atoms with E-state index in [0.29, 0.717) is 21.8 Å². The number of pyridine rings is 1. The molecule has 0 saturated carbocycles. The van der Waals surface area contributed by atoms with Crippen LogP contribution in [-0.2, 0) is 0 Å². The number of nitrogens with zero attached hydrogens (tertiary/aromatic N) is 5. The molecule has 0 atom stereocenters. The molecule has 0 aliphatic heterocycles. The second-order valence-electron chi connectivity index (χ2n) is 3.46. The van der Waals surface area contributed by atoms with Crippen molar-refractivity contribution < 1.29 is 4.73 Å². The Morgan fingerprint density at radius 2 is 2.24 bits per heavy atom. The van der Waals surface area contributed by atoms with Crippen LogP contribution in [0.5, 0.6) is 0 Å². The summed E-state index contributed by atoms with van der Waals surface area (Å²) >= 11 is 0. The van der Waals surface area contributed by atoms with Gasteiger partial charge in [-0.2, -0.15) is 14.2 Å². The molecule has 0 aliphatic carbocycles. The van der Waals surface area contributed by atoms with Gasteiger partial charge in [0.2, 0.25) is 5.95 Å². The summed E-state index contributed by atoms with van der Waals surface area (Å²) in [4.78, 5) is 8.21. The first-order valence-corrected chi connectivity index (χ1v) is 4.90. The van der Waals surface area contributed by atoms with Crippen molar-refractivity contribution >= 4 is 11.6 Å². The predicted molar refractivity (Wildman–Crippen MR) is 59.6 cm³/mol. The van der Waals surface area contributed by atoms with Crippen LogP contribution in [0.1, 0.15) is 0 Å². The van der Waals surface area contributed by atoms with Crippen LogP contribution in [0.2, 0.25) is 0 Å². The first-order valence-electron chi connectivity index (χ1n) is 4.90. The minimum atomic E-state index is 0.171. The Kier molecular flexibility index (Phi) is 1.91. The van der Waals surface area contributed by atoms with E-state index in [4.69, 9.17) is 5.73 Å². The number of anilines is 1. The molecule has 0 amide bonds. The van der Waals surface area contributed by atoms with Crippen LogP contribution in [-0.4, -0.2) is 19.6 Å². The van der Waals surface area contributed by atoms with Crippen LogP contribution in [0.25, 0.3) is 17.0 Å². The minimum absolute atomic E-state index is 0.171. The zero-order valence-electron chi connectivity index (χ0n) is 8.69. The molecule has 3 aromatic rings. The molecule has 0 spiro atoms. The molecule has 84 valence electrons. The molecule has 7 nitrogen and oxygen atoms in total. The van der Waals surface area contributed by atoms with Gasteiger partial charge in [-0.15, -0.1) is 5.10 Å². The smallest absolute Gasteiger partial charge is 0.240 e. The lowest BCUT2D eigenvalue weighted by Gasteiger charge is -2.02. The van der Waals surface area contributed by atoms with Gasteiger partial charge in [0.15, 0.2) is 23.9 Å². The van der Waals surface area contributed by atoms with E-state index in [1.807, 2.05) is 0 Å². The van der Waals surface area contributed by atoms with Gasteiger partial charge in [-0.05, 0) is 6.07 Å². The van der Waals surface area contributed by atoms with Gasteiger partial charge >= 0.3 is 0 Å². The molecule has 17 heavy (non-hydrogen) atoms. The molecule has 0 aromatic carbocycles. The Morgan fingerprint density at radius 1 is 1.35 bits per heavy atom. The zero-order chi connectivity index (χ0) is 11.8. The molecule has 3 heterocycles. The second kappa shape index (κ2) is 3.41. The van der Waals surface area contributed by atoms with Crippen LogP contribution in [0, 0.1) is 5.21 Å². The number of aromatic nitrogens is 5. The van der Waals surface area contributed by atoms with E-state index in [1.54, 1.807) is 24.4 Å². The van der Waals surface area contributed by atoms with E-state index in [9.17, 15) is 5.21 Å². The Bertz CT molecular complexity index is 692. The van der Waals surface area contributed by atoms with E-state index < -0.39 is 0 Å². The summed E-state index contributed by atoms with van der Waals surface area (Å²) in [6, 6.07) is 5.11. The van der Waals surface area contributed by atoms with E-state index in [0.717, 1.165) is 0 Å². The van der Waals surface area contributed by atoms with Crippen molar-refractivity contribution in [2.75, 3.05) is 5.73 Å². The maximum atomic E-state index is 11.2. The summed E-state index contributed by atoms with van der Waals surface area (Å²) < 4.78 is 2.21. The first kappa shape index (κ1) is 9.52. The number of hydrogen-bond acceptors (Lipinski definition) is 5. The van der Waals surface area contributed by atoms with Crippen molar-refractivity contribution in [3.05, 3.63) is 42.0 Å². The average molecular weight is 228 g/mol. The maximum absolute atomic E-state index is 11.2. The topological polar surface area (TPSA) is 96.0 Å². The summed E-state index contributed by atoms with van der Waals surface area (Å²) in [5.74, 6) is 0.696. The summed E-state index contributed by atoms with van der Waals surface area (Å²) in [5.41, 5.74) is 6.77. The van der Waals surface area contributed by atoms with E-state index >= 15 is 0 Å².